The summed E-state index contributed by atoms with van der Waals surface area (Å²) in [6.45, 7) is 3.87. The molecule has 0 saturated heterocycles. The van der Waals surface area contributed by atoms with Crippen molar-refractivity contribution in [1.82, 2.24) is 0 Å². The van der Waals surface area contributed by atoms with Crippen LogP contribution in [0, 0.1) is 12.7 Å². The molecule has 0 bridgehead atoms. The maximum absolute atomic E-state index is 13.0. The minimum absolute atomic E-state index is 0.0207. The quantitative estimate of drug-likeness (QED) is 0.827. The van der Waals surface area contributed by atoms with Crippen molar-refractivity contribution in [2.45, 2.75) is 32.4 Å². The molecule has 0 aliphatic carbocycles. The van der Waals surface area contributed by atoms with E-state index in [1.54, 1.807) is 13.2 Å². The van der Waals surface area contributed by atoms with Crippen molar-refractivity contribution in [3.05, 3.63) is 35.1 Å². The Morgan fingerprint density at radius 1 is 1.47 bits per heavy atom. The molecule has 0 spiro atoms. The Kier molecular flexibility index (Phi) is 4.24. The van der Waals surface area contributed by atoms with E-state index in [0.29, 0.717) is 6.42 Å². The summed E-state index contributed by atoms with van der Waals surface area (Å²) in [5.41, 5.74) is 7.95. The summed E-state index contributed by atoms with van der Waals surface area (Å²) in [6.07, 6.45) is 0.617. The molecule has 0 heterocycles. The molecule has 2 unspecified atom stereocenters. The molecule has 84 valence electrons. The topological polar surface area (TPSA) is 35.2 Å². The highest BCUT2D eigenvalue weighted by atomic mass is 19.1. The zero-order valence-corrected chi connectivity index (χ0v) is 9.46. The number of aryl methyl sites for hydroxylation is 1. The van der Waals surface area contributed by atoms with Crippen molar-refractivity contribution in [1.29, 1.82) is 0 Å². The lowest BCUT2D eigenvalue weighted by Crippen LogP contribution is -2.36. The minimum atomic E-state index is -0.215. The molecule has 2 nitrogen and oxygen atoms in total. The van der Waals surface area contributed by atoms with Gasteiger partial charge in [-0.2, -0.15) is 0 Å². The standard InChI is InChI=1S/C12H18FNO/c1-8-4-5-11(13)6-10(8)7-12(14)9(2)15-3/h4-6,9,12H,7,14H2,1-3H3. The van der Waals surface area contributed by atoms with Gasteiger partial charge in [0.2, 0.25) is 0 Å². The van der Waals surface area contributed by atoms with E-state index in [4.69, 9.17) is 10.5 Å². The molecule has 0 aromatic heterocycles. The second-order valence-electron chi connectivity index (χ2n) is 3.88. The highest BCUT2D eigenvalue weighted by Gasteiger charge is 2.13. The third-order valence-electron chi connectivity index (χ3n) is 2.74. The number of rotatable bonds is 4. The molecule has 1 aromatic carbocycles. The van der Waals surface area contributed by atoms with Crippen LogP contribution in [-0.4, -0.2) is 19.3 Å². The molecule has 0 amide bonds. The number of halogens is 1. The van der Waals surface area contributed by atoms with Crippen LogP contribution >= 0.6 is 0 Å². The maximum atomic E-state index is 13.0. The first-order valence-electron chi connectivity index (χ1n) is 5.08. The minimum Gasteiger partial charge on any atom is -0.380 e. The average molecular weight is 211 g/mol. The Bertz CT molecular complexity index is 327. The Balaban J connectivity index is 2.75. The molecule has 0 radical (unpaired) electrons. The first kappa shape index (κ1) is 12.1. The average Bonchev–Trinajstić information content (AvgIpc) is 2.22. The summed E-state index contributed by atoms with van der Waals surface area (Å²) in [5.74, 6) is -0.215. The van der Waals surface area contributed by atoms with Crippen molar-refractivity contribution in [2.75, 3.05) is 7.11 Å². The summed E-state index contributed by atoms with van der Waals surface area (Å²) in [6, 6.07) is 4.67. The third kappa shape index (κ3) is 3.29. The van der Waals surface area contributed by atoms with Gasteiger partial charge in [0.25, 0.3) is 0 Å². The summed E-state index contributed by atoms with van der Waals surface area (Å²) in [5, 5.41) is 0. The van der Waals surface area contributed by atoms with Gasteiger partial charge < -0.3 is 10.5 Å². The molecule has 3 heteroatoms. The zero-order valence-electron chi connectivity index (χ0n) is 9.46. The number of nitrogens with two attached hydrogens (primary N) is 1. The van der Waals surface area contributed by atoms with Crippen LogP contribution in [-0.2, 0) is 11.2 Å². The van der Waals surface area contributed by atoms with Gasteiger partial charge in [-0.1, -0.05) is 6.07 Å². The molecule has 0 saturated carbocycles. The monoisotopic (exact) mass is 211 g/mol. The van der Waals surface area contributed by atoms with E-state index in [9.17, 15) is 4.39 Å². The third-order valence-corrected chi connectivity index (χ3v) is 2.74. The molecular formula is C12H18FNO. The van der Waals surface area contributed by atoms with E-state index in [1.165, 1.54) is 12.1 Å². The second kappa shape index (κ2) is 5.24. The molecule has 2 N–H and O–H groups in total. The summed E-state index contributed by atoms with van der Waals surface area (Å²) in [4.78, 5) is 0. The van der Waals surface area contributed by atoms with Crippen LogP contribution in [0.5, 0.6) is 0 Å². The van der Waals surface area contributed by atoms with Crippen LogP contribution in [0.2, 0.25) is 0 Å². The van der Waals surface area contributed by atoms with Crippen molar-refractivity contribution in [3.8, 4) is 0 Å². The zero-order chi connectivity index (χ0) is 11.4. The fraction of sp³-hybridized carbons (Fsp3) is 0.500. The summed E-state index contributed by atoms with van der Waals surface area (Å²) >= 11 is 0. The van der Waals surface area contributed by atoms with E-state index in [-0.39, 0.29) is 18.0 Å². The lowest BCUT2D eigenvalue weighted by molar-refractivity contribution is 0.0955. The molecule has 2 atom stereocenters. The number of methoxy groups -OCH3 is 1. The predicted molar refractivity (Wildman–Crippen MR) is 59.3 cm³/mol. The fourth-order valence-electron chi connectivity index (χ4n) is 1.45. The van der Waals surface area contributed by atoms with Crippen LogP contribution in [0.15, 0.2) is 18.2 Å². The molecule has 0 aliphatic rings. The van der Waals surface area contributed by atoms with Crippen molar-refractivity contribution >= 4 is 0 Å². The number of ether oxygens (including phenoxy) is 1. The van der Waals surface area contributed by atoms with Gasteiger partial charge in [0.05, 0.1) is 6.10 Å². The lowest BCUT2D eigenvalue weighted by Gasteiger charge is -2.19. The van der Waals surface area contributed by atoms with Crippen LogP contribution in [0.1, 0.15) is 18.1 Å². The number of hydrogen-bond donors (Lipinski definition) is 1. The summed E-state index contributed by atoms with van der Waals surface area (Å²) < 4.78 is 18.1. The molecule has 0 aliphatic heterocycles. The van der Waals surface area contributed by atoms with Gasteiger partial charge in [-0.05, 0) is 43.5 Å². The maximum Gasteiger partial charge on any atom is 0.123 e. The Morgan fingerprint density at radius 2 is 2.13 bits per heavy atom. The number of hydrogen-bond acceptors (Lipinski definition) is 2. The Labute approximate surface area is 90.2 Å². The van der Waals surface area contributed by atoms with Crippen LogP contribution < -0.4 is 5.73 Å². The molecule has 15 heavy (non-hydrogen) atoms. The van der Waals surface area contributed by atoms with Gasteiger partial charge >= 0.3 is 0 Å². The highest BCUT2D eigenvalue weighted by molar-refractivity contribution is 5.27. The normalized spacial score (nSPS) is 15.0. The van der Waals surface area contributed by atoms with E-state index in [0.717, 1.165) is 11.1 Å². The van der Waals surface area contributed by atoms with Gasteiger partial charge in [-0.25, -0.2) is 4.39 Å². The predicted octanol–water partition coefficient (Wildman–Crippen LogP) is 2.04. The number of benzene rings is 1. The lowest BCUT2D eigenvalue weighted by atomic mass is 9.99. The Morgan fingerprint density at radius 3 is 2.73 bits per heavy atom. The molecule has 1 rings (SSSR count). The molecule has 0 fully saturated rings. The largest absolute Gasteiger partial charge is 0.380 e. The SMILES string of the molecule is COC(C)C(N)Cc1cc(F)ccc1C. The van der Waals surface area contributed by atoms with Crippen molar-refractivity contribution in [3.63, 3.8) is 0 Å². The van der Waals surface area contributed by atoms with E-state index in [2.05, 4.69) is 0 Å². The van der Waals surface area contributed by atoms with E-state index >= 15 is 0 Å². The van der Waals surface area contributed by atoms with Crippen LogP contribution in [0.4, 0.5) is 4.39 Å². The van der Waals surface area contributed by atoms with Crippen molar-refractivity contribution in [2.24, 2.45) is 5.73 Å². The van der Waals surface area contributed by atoms with Crippen LogP contribution in [0.3, 0.4) is 0 Å². The first-order chi connectivity index (χ1) is 7.04. The highest BCUT2D eigenvalue weighted by Crippen LogP contribution is 2.13. The fourth-order valence-corrected chi connectivity index (χ4v) is 1.45. The smallest absolute Gasteiger partial charge is 0.123 e. The van der Waals surface area contributed by atoms with E-state index in [1.807, 2.05) is 13.8 Å². The van der Waals surface area contributed by atoms with Gasteiger partial charge in [0, 0.05) is 13.2 Å². The van der Waals surface area contributed by atoms with Gasteiger partial charge in [0.1, 0.15) is 5.82 Å². The summed E-state index contributed by atoms with van der Waals surface area (Å²) in [7, 11) is 1.63. The van der Waals surface area contributed by atoms with Crippen LogP contribution in [0.25, 0.3) is 0 Å². The van der Waals surface area contributed by atoms with Crippen molar-refractivity contribution < 1.29 is 9.13 Å². The molecular weight excluding hydrogens is 193 g/mol. The van der Waals surface area contributed by atoms with Gasteiger partial charge in [-0.15, -0.1) is 0 Å². The van der Waals surface area contributed by atoms with Gasteiger partial charge in [0.15, 0.2) is 0 Å². The Hall–Kier alpha value is -0.930. The second-order valence-corrected chi connectivity index (χ2v) is 3.88. The van der Waals surface area contributed by atoms with E-state index < -0.39 is 0 Å². The van der Waals surface area contributed by atoms with Gasteiger partial charge in [-0.3, -0.25) is 0 Å². The molecule has 1 aromatic rings. The first-order valence-corrected chi connectivity index (χ1v) is 5.08.